The highest BCUT2D eigenvalue weighted by Crippen LogP contribution is 2.65. The highest BCUT2D eigenvalue weighted by atomic mass is 35.5. The van der Waals surface area contributed by atoms with Crippen molar-refractivity contribution >= 4 is 11.6 Å². The molecular weight excluding hydrogens is 180 g/mol. The van der Waals surface area contributed by atoms with Crippen molar-refractivity contribution in [1.82, 2.24) is 0 Å². The number of alkyl halides is 1. The molecule has 1 fully saturated rings. The molecule has 1 aliphatic rings. The van der Waals surface area contributed by atoms with Gasteiger partial charge in [-0.2, -0.15) is 0 Å². The Morgan fingerprint density at radius 3 is 1.85 bits per heavy atom. The van der Waals surface area contributed by atoms with Crippen molar-refractivity contribution in [3.8, 4) is 11.8 Å². The number of hydrogen-bond donors (Lipinski definition) is 0. The van der Waals surface area contributed by atoms with E-state index in [1.165, 1.54) is 0 Å². The van der Waals surface area contributed by atoms with Crippen LogP contribution in [0.4, 0.5) is 0 Å². The van der Waals surface area contributed by atoms with Crippen LogP contribution in [0.3, 0.4) is 0 Å². The van der Waals surface area contributed by atoms with Crippen LogP contribution in [0.5, 0.6) is 0 Å². The van der Waals surface area contributed by atoms with Gasteiger partial charge in [0.25, 0.3) is 0 Å². The summed E-state index contributed by atoms with van der Waals surface area (Å²) in [4.78, 5) is -0.277. The largest absolute Gasteiger partial charge is 0.113 e. The van der Waals surface area contributed by atoms with Gasteiger partial charge in [0.1, 0.15) is 4.87 Å². The molecule has 0 N–H and O–H groups in total. The highest BCUT2D eigenvalue weighted by molar-refractivity contribution is 6.29. The fourth-order valence-corrected chi connectivity index (χ4v) is 1.94. The van der Waals surface area contributed by atoms with Crippen LogP contribution >= 0.6 is 11.6 Å². The van der Waals surface area contributed by atoms with Crippen molar-refractivity contribution < 1.29 is 0 Å². The minimum atomic E-state index is -0.277. The summed E-state index contributed by atoms with van der Waals surface area (Å²) < 4.78 is 0. The summed E-state index contributed by atoms with van der Waals surface area (Å²) in [7, 11) is 0. The third-order valence-corrected chi connectivity index (χ3v) is 4.06. The zero-order chi connectivity index (χ0) is 10.5. The molecule has 0 spiro atoms. The van der Waals surface area contributed by atoms with Crippen LogP contribution in [0, 0.1) is 28.6 Å². The fourth-order valence-electron chi connectivity index (χ4n) is 1.51. The van der Waals surface area contributed by atoms with E-state index in [9.17, 15) is 0 Å². The lowest BCUT2D eigenvalue weighted by Gasteiger charge is -2.09. The van der Waals surface area contributed by atoms with E-state index in [4.69, 9.17) is 11.6 Å². The summed E-state index contributed by atoms with van der Waals surface area (Å²) in [6.07, 6.45) is 0. The second-order valence-electron chi connectivity index (χ2n) is 5.66. The minimum absolute atomic E-state index is 0.0558. The summed E-state index contributed by atoms with van der Waals surface area (Å²) in [5.74, 6) is 6.95. The molecule has 0 aliphatic heterocycles. The van der Waals surface area contributed by atoms with Gasteiger partial charge in [-0.05, 0) is 26.7 Å². The Bertz CT molecular complexity index is 272. The normalized spacial score (nSPS) is 36.4. The topological polar surface area (TPSA) is 0 Å². The molecule has 0 aromatic heterocycles. The van der Waals surface area contributed by atoms with Crippen LogP contribution in [0.15, 0.2) is 0 Å². The molecule has 2 unspecified atom stereocenters. The average molecular weight is 199 g/mol. The van der Waals surface area contributed by atoms with E-state index in [1.807, 2.05) is 0 Å². The van der Waals surface area contributed by atoms with Gasteiger partial charge >= 0.3 is 0 Å². The zero-order valence-electron chi connectivity index (χ0n) is 9.46. The first kappa shape index (κ1) is 10.9. The van der Waals surface area contributed by atoms with E-state index >= 15 is 0 Å². The molecular formula is C12H19Cl. The summed E-state index contributed by atoms with van der Waals surface area (Å²) in [6, 6.07) is 0. The molecule has 2 atom stereocenters. The van der Waals surface area contributed by atoms with Crippen LogP contribution < -0.4 is 0 Å². The minimum Gasteiger partial charge on any atom is -0.104 e. The molecule has 1 saturated carbocycles. The molecule has 0 saturated heterocycles. The maximum absolute atomic E-state index is 6.42. The van der Waals surface area contributed by atoms with Crippen molar-refractivity contribution in [3.05, 3.63) is 0 Å². The molecule has 1 heteroatoms. The van der Waals surface area contributed by atoms with Gasteiger partial charge in [-0.25, -0.2) is 0 Å². The van der Waals surface area contributed by atoms with E-state index in [2.05, 4.69) is 53.4 Å². The van der Waals surface area contributed by atoms with Crippen molar-refractivity contribution in [1.29, 1.82) is 0 Å². The highest BCUT2D eigenvalue weighted by Gasteiger charge is 2.67. The molecule has 1 rings (SSSR count). The summed E-state index contributed by atoms with van der Waals surface area (Å²) >= 11 is 6.42. The molecule has 0 aromatic rings. The van der Waals surface area contributed by atoms with Gasteiger partial charge < -0.3 is 0 Å². The van der Waals surface area contributed by atoms with E-state index in [1.54, 1.807) is 0 Å². The third-order valence-electron chi connectivity index (χ3n) is 3.15. The van der Waals surface area contributed by atoms with E-state index in [0.29, 0.717) is 5.92 Å². The molecule has 0 amide bonds. The average Bonchev–Trinajstić information content (AvgIpc) is 2.31. The lowest BCUT2D eigenvalue weighted by molar-refractivity contribution is 0.565. The maximum Gasteiger partial charge on any atom is 0.113 e. The Balaban J connectivity index is 2.82. The first-order valence-electron chi connectivity index (χ1n) is 4.84. The van der Waals surface area contributed by atoms with Gasteiger partial charge in [0, 0.05) is 10.8 Å². The van der Waals surface area contributed by atoms with Crippen LogP contribution in [0.2, 0.25) is 0 Å². The number of hydrogen-bond acceptors (Lipinski definition) is 0. The molecule has 0 radical (unpaired) electrons. The summed E-state index contributed by atoms with van der Waals surface area (Å²) in [6.45, 7) is 12.9. The fraction of sp³-hybridized carbons (Fsp3) is 0.833. The Labute approximate surface area is 87.1 Å². The number of rotatable bonds is 0. The lowest BCUT2D eigenvalue weighted by atomic mass is 9.97. The Morgan fingerprint density at radius 1 is 1.23 bits per heavy atom. The van der Waals surface area contributed by atoms with E-state index in [0.717, 1.165) is 0 Å². The van der Waals surface area contributed by atoms with Crippen molar-refractivity contribution in [2.75, 3.05) is 0 Å². The molecule has 1 aliphatic carbocycles. The standard InChI is InChI=1S/C12H19Cl/c1-9-11(5,6)12(9,13)8-7-10(2,3)4/h9H,1-6H3. The molecule has 74 valence electrons. The second-order valence-corrected chi connectivity index (χ2v) is 6.25. The summed E-state index contributed by atoms with van der Waals surface area (Å²) in [5, 5.41) is 0. The van der Waals surface area contributed by atoms with Gasteiger partial charge in [0.15, 0.2) is 0 Å². The first-order chi connectivity index (χ1) is 5.61. The molecule has 0 heterocycles. The smallest absolute Gasteiger partial charge is 0.104 e. The van der Waals surface area contributed by atoms with Crippen molar-refractivity contribution in [3.63, 3.8) is 0 Å². The van der Waals surface area contributed by atoms with Gasteiger partial charge in [-0.3, -0.25) is 0 Å². The molecule has 13 heavy (non-hydrogen) atoms. The monoisotopic (exact) mass is 198 g/mol. The van der Waals surface area contributed by atoms with Gasteiger partial charge in [-0.1, -0.05) is 32.6 Å². The van der Waals surface area contributed by atoms with Gasteiger partial charge in [0.05, 0.1) is 0 Å². The van der Waals surface area contributed by atoms with Crippen LogP contribution in [-0.4, -0.2) is 4.87 Å². The first-order valence-corrected chi connectivity index (χ1v) is 5.22. The Kier molecular flexibility index (Phi) is 2.25. The molecule has 0 aromatic carbocycles. The summed E-state index contributed by atoms with van der Waals surface area (Å²) in [5.41, 5.74) is 0.229. The predicted octanol–water partition coefficient (Wildman–Crippen LogP) is 3.69. The quantitative estimate of drug-likeness (QED) is 0.412. The van der Waals surface area contributed by atoms with Crippen LogP contribution in [-0.2, 0) is 0 Å². The van der Waals surface area contributed by atoms with Crippen LogP contribution in [0.1, 0.15) is 41.5 Å². The Morgan fingerprint density at radius 2 is 1.62 bits per heavy atom. The van der Waals surface area contributed by atoms with E-state index < -0.39 is 0 Å². The third kappa shape index (κ3) is 1.72. The van der Waals surface area contributed by atoms with Crippen molar-refractivity contribution in [2.45, 2.75) is 46.4 Å². The predicted molar refractivity (Wildman–Crippen MR) is 58.8 cm³/mol. The van der Waals surface area contributed by atoms with Gasteiger partial charge in [-0.15, -0.1) is 11.6 Å². The van der Waals surface area contributed by atoms with E-state index in [-0.39, 0.29) is 15.7 Å². The number of halogens is 1. The Hall–Kier alpha value is -0.150. The van der Waals surface area contributed by atoms with Gasteiger partial charge in [0.2, 0.25) is 0 Å². The van der Waals surface area contributed by atoms with Crippen LogP contribution in [0.25, 0.3) is 0 Å². The molecule has 0 nitrogen and oxygen atoms in total. The SMILES string of the molecule is CC1C(C)(C)C1(Cl)C#CC(C)(C)C. The maximum atomic E-state index is 6.42. The molecule has 0 bridgehead atoms. The zero-order valence-corrected chi connectivity index (χ0v) is 10.2. The lowest BCUT2D eigenvalue weighted by Crippen LogP contribution is -2.07. The van der Waals surface area contributed by atoms with Crippen molar-refractivity contribution in [2.24, 2.45) is 16.7 Å². The second kappa shape index (κ2) is 2.67.